The fraction of sp³-hybridized carbons (Fsp3) is 0.524. The van der Waals surface area contributed by atoms with Crippen molar-refractivity contribution in [3.8, 4) is 5.88 Å². The van der Waals surface area contributed by atoms with Gasteiger partial charge in [0.15, 0.2) is 9.92 Å². The Kier molecular flexibility index (Phi) is 5.44. The second-order valence-corrected chi connectivity index (χ2v) is 10.3. The Morgan fingerprint density at radius 3 is 3.06 bits per heavy atom. The second-order valence-electron chi connectivity index (χ2n) is 8.52. The lowest BCUT2D eigenvalue weighted by molar-refractivity contribution is 0.180. The highest BCUT2D eigenvalue weighted by Crippen LogP contribution is 2.42. The first-order chi connectivity index (χ1) is 15.4. The molecule has 10 nitrogen and oxygen atoms in total. The van der Waals surface area contributed by atoms with E-state index < -0.39 is 22.1 Å². The summed E-state index contributed by atoms with van der Waals surface area (Å²) in [7, 11) is -3.56. The molecule has 5 N–H and O–H groups in total. The van der Waals surface area contributed by atoms with Crippen LogP contribution in [0.1, 0.15) is 48.1 Å². The number of urea groups is 1. The number of aromatic nitrogens is 2. The predicted molar refractivity (Wildman–Crippen MR) is 119 cm³/mol. The molecule has 1 aromatic heterocycles. The number of likely N-dealkylation sites (N-methyl/N-ethyl adjacent to an activating group) is 1. The fourth-order valence-corrected chi connectivity index (χ4v) is 5.96. The highest BCUT2D eigenvalue weighted by molar-refractivity contribution is 7.91. The third kappa shape index (κ3) is 3.68. The van der Waals surface area contributed by atoms with Gasteiger partial charge in [-0.1, -0.05) is 13.0 Å². The summed E-state index contributed by atoms with van der Waals surface area (Å²) in [5, 5.41) is 26.7. The summed E-state index contributed by atoms with van der Waals surface area (Å²) in [6, 6.07) is 1.38. The van der Waals surface area contributed by atoms with Gasteiger partial charge in [-0.2, -0.15) is 5.10 Å². The number of hydrogen-bond donors (Lipinski definition) is 4. The van der Waals surface area contributed by atoms with E-state index in [4.69, 9.17) is 9.88 Å². The Bertz CT molecular complexity index is 1200. The zero-order valence-electron chi connectivity index (χ0n) is 18.0. The summed E-state index contributed by atoms with van der Waals surface area (Å²) < 4.78 is 24.4. The summed E-state index contributed by atoms with van der Waals surface area (Å²) in [6.45, 7) is 3.74. The number of ether oxygens (including phenoxy) is 1. The average Bonchev–Trinajstić information content (AvgIpc) is 3.46. The molecule has 0 bridgehead atoms. The van der Waals surface area contributed by atoms with E-state index in [9.17, 15) is 14.1 Å². The van der Waals surface area contributed by atoms with Gasteiger partial charge in [-0.3, -0.25) is 0 Å². The van der Waals surface area contributed by atoms with Crippen molar-refractivity contribution in [1.29, 1.82) is 0 Å². The zero-order chi connectivity index (χ0) is 22.5. The first-order valence-corrected chi connectivity index (χ1v) is 12.6. The molecule has 0 fully saturated rings. The van der Waals surface area contributed by atoms with Gasteiger partial charge in [-0.05, 0) is 60.9 Å². The molecular formula is C21H28N6O4S. The molecule has 32 heavy (non-hydrogen) atoms. The molecule has 2 amide bonds. The minimum atomic E-state index is -3.56. The third-order valence-electron chi connectivity index (χ3n) is 6.40. The van der Waals surface area contributed by atoms with E-state index in [0.29, 0.717) is 31.7 Å². The molecule has 2 aliphatic carbocycles. The Hall–Kier alpha value is -2.47. The molecule has 3 aliphatic rings. The van der Waals surface area contributed by atoms with Gasteiger partial charge >= 0.3 is 6.03 Å². The smallest absolute Gasteiger partial charge is 0.354 e. The third-order valence-corrected chi connectivity index (χ3v) is 7.75. The van der Waals surface area contributed by atoms with Gasteiger partial charge in [0.1, 0.15) is 11.5 Å². The number of fused-ring (bicyclic) bond motifs is 3. The van der Waals surface area contributed by atoms with E-state index in [1.54, 1.807) is 4.68 Å². The van der Waals surface area contributed by atoms with Crippen LogP contribution in [-0.2, 0) is 35.7 Å². The number of nitrogens with two attached hydrogens (primary N) is 1. The van der Waals surface area contributed by atoms with Gasteiger partial charge in [-0.15, -0.1) is 4.36 Å². The van der Waals surface area contributed by atoms with Crippen molar-refractivity contribution in [2.45, 2.75) is 62.6 Å². The Morgan fingerprint density at radius 1 is 1.41 bits per heavy atom. The van der Waals surface area contributed by atoms with Crippen molar-refractivity contribution in [3.05, 3.63) is 34.5 Å². The Morgan fingerprint density at radius 2 is 2.25 bits per heavy atom. The number of benzene rings is 1. The lowest BCUT2D eigenvalue weighted by atomic mass is 9.98. The van der Waals surface area contributed by atoms with Gasteiger partial charge < -0.3 is 20.5 Å². The molecule has 3 unspecified atom stereocenters. The molecular weight excluding hydrogens is 432 g/mol. The van der Waals surface area contributed by atoms with Crippen LogP contribution in [0.15, 0.2) is 21.5 Å². The van der Waals surface area contributed by atoms with Crippen LogP contribution in [0.4, 0.5) is 10.5 Å². The van der Waals surface area contributed by atoms with Gasteiger partial charge in [0, 0.05) is 5.69 Å². The maximum Gasteiger partial charge on any atom is 0.354 e. The minimum absolute atomic E-state index is 0.0898. The molecule has 2 aromatic rings. The van der Waals surface area contributed by atoms with Crippen LogP contribution in [0.25, 0.3) is 0 Å². The first kappa shape index (κ1) is 21.4. The van der Waals surface area contributed by atoms with E-state index in [1.807, 2.05) is 6.92 Å². The van der Waals surface area contributed by atoms with E-state index >= 15 is 0 Å². The zero-order valence-corrected chi connectivity index (χ0v) is 18.8. The van der Waals surface area contributed by atoms with Crippen LogP contribution in [0.3, 0.4) is 0 Å². The van der Waals surface area contributed by atoms with E-state index in [-0.39, 0.29) is 16.8 Å². The number of carbonyl (C=O) groups is 1. The van der Waals surface area contributed by atoms with Gasteiger partial charge in [0.25, 0.3) is 0 Å². The molecule has 172 valence electrons. The molecule has 1 aromatic carbocycles. The summed E-state index contributed by atoms with van der Waals surface area (Å²) >= 11 is 0. The lowest BCUT2D eigenvalue weighted by Gasteiger charge is -2.25. The molecule has 11 heteroatoms. The summed E-state index contributed by atoms with van der Waals surface area (Å²) in [4.78, 5) is 12.9. The number of rotatable bonds is 4. The number of aliphatic hydroxyl groups excluding tert-OH is 1. The quantitative estimate of drug-likeness (QED) is 0.546. The number of nitrogens with zero attached hydrogens (tertiary/aromatic N) is 3. The van der Waals surface area contributed by atoms with Crippen LogP contribution >= 0.6 is 0 Å². The number of hydrogen-bond acceptors (Lipinski definition) is 6. The number of aryl methyl sites for hydroxylation is 1. The molecule has 0 radical (unpaired) electrons. The maximum absolute atomic E-state index is 13.2. The SMILES string of the molecule is CCNC1COc2c(S(N)(=O)=NC(=O)Nc3c4c(cc5c3CCC5O)CCC4)cnn2C1. The normalized spacial score (nSPS) is 23.0. The standard InChI is InChI=1S/C21H28N6O4S/c1-2-23-13-10-27-20(31-11-13)18(9-24-27)32(22,30)26-21(29)25-19-14-5-3-4-12(14)8-16-15(19)6-7-17(16)28/h8-9,13,17,23,28H,2-7,10-11H2,1H3,(H3,22,25,26,29,30). The van der Waals surface area contributed by atoms with Crippen molar-refractivity contribution in [2.75, 3.05) is 18.5 Å². The van der Waals surface area contributed by atoms with Crippen LogP contribution in [-0.4, -0.2) is 44.3 Å². The van der Waals surface area contributed by atoms with Crippen LogP contribution < -0.4 is 20.5 Å². The van der Waals surface area contributed by atoms with Crippen molar-refractivity contribution in [3.63, 3.8) is 0 Å². The molecule has 3 atom stereocenters. The van der Waals surface area contributed by atoms with Gasteiger partial charge in [0.2, 0.25) is 5.88 Å². The molecule has 2 heterocycles. The largest absolute Gasteiger partial charge is 0.475 e. The molecule has 0 spiro atoms. The van der Waals surface area contributed by atoms with E-state index in [0.717, 1.165) is 48.1 Å². The van der Waals surface area contributed by atoms with Crippen molar-refractivity contribution >= 4 is 21.6 Å². The first-order valence-electron chi connectivity index (χ1n) is 11.0. The van der Waals surface area contributed by atoms with Crippen molar-refractivity contribution in [1.82, 2.24) is 15.1 Å². The molecule has 0 saturated carbocycles. The van der Waals surface area contributed by atoms with Crippen LogP contribution in [0.2, 0.25) is 0 Å². The average molecular weight is 461 g/mol. The lowest BCUT2D eigenvalue weighted by Crippen LogP contribution is -2.42. The number of amides is 2. The highest BCUT2D eigenvalue weighted by Gasteiger charge is 2.30. The fourth-order valence-electron chi connectivity index (χ4n) is 4.96. The van der Waals surface area contributed by atoms with Crippen molar-refractivity contribution in [2.24, 2.45) is 9.50 Å². The summed E-state index contributed by atoms with van der Waals surface area (Å²) in [5.41, 5.74) is 4.71. The van der Waals surface area contributed by atoms with E-state index in [2.05, 4.69) is 26.2 Å². The van der Waals surface area contributed by atoms with Gasteiger partial charge in [0.05, 0.1) is 24.9 Å². The highest BCUT2D eigenvalue weighted by atomic mass is 32.2. The number of anilines is 1. The number of nitrogens with one attached hydrogen (secondary N) is 2. The summed E-state index contributed by atoms with van der Waals surface area (Å²) in [6.07, 6.45) is 4.90. The second kappa shape index (κ2) is 8.14. The summed E-state index contributed by atoms with van der Waals surface area (Å²) in [5.74, 6) is 0.285. The van der Waals surface area contributed by atoms with Gasteiger partial charge in [-0.25, -0.2) is 18.8 Å². The molecule has 0 saturated heterocycles. The number of aliphatic hydroxyl groups is 1. The van der Waals surface area contributed by atoms with Crippen LogP contribution in [0.5, 0.6) is 5.88 Å². The Labute approximate surface area is 186 Å². The van der Waals surface area contributed by atoms with Crippen LogP contribution in [0, 0.1) is 0 Å². The molecule has 5 rings (SSSR count). The maximum atomic E-state index is 13.2. The Balaban J connectivity index is 1.43. The predicted octanol–water partition coefficient (Wildman–Crippen LogP) is 1.65. The van der Waals surface area contributed by atoms with E-state index in [1.165, 1.54) is 6.20 Å². The monoisotopic (exact) mass is 460 g/mol. The topological polar surface area (TPSA) is 144 Å². The van der Waals surface area contributed by atoms with Crippen molar-refractivity contribution < 1.29 is 18.8 Å². The minimum Gasteiger partial charge on any atom is -0.475 e. The number of carbonyl (C=O) groups excluding carboxylic acids is 1. The molecule has 1 aliphatic heterocycles.